The number of methoxy groups -OCH3 is 1. The normalized spacial score (nSPS) is 12.9. The maximum atomic E-state index is 5.17. The van der Waals surface area contributed by atoms with Crippen molar-refractivity contribution in [2.45, 2.75) is 19.9 Å². The molecule has 3 rings (SSSR count). The molecular formula is C15H18N4O. The number of aryl methyl sites for hydroxylation is 1. The van der Waals surface area contributed by atoms with E-state index in [4.69, 9.17) is 4.74 Å². The minimum absolute atomic E-state index is 0.197. The van der Waals surface area contributed by atoms with Crippen LogP contribution in [0.4, 0.5) is 5.82 Å². The molecule has 0 amide bonds. The van der Waals surface area contributed by atoms with Crippen molar-refractivity contribution >= 4 is 22.4 Å². The second kappa shape index (κ2) is 5.09. The molecule has 2 heterocycles. The predicted octanol–water partition coefficient (Wildman–Crippen LogP) is 2.64. The summed E-state index contributed by atoms with van der Waals surface area (Å²) >= 11 is 0. The summed E-state index contributed by atoms with van der Waals surface area (Å²) in [5.74, 6) is 0.873. The summed E-state index contributed by atoms with van der Waals surface area (Å²) in [6, 6.07) is 10.3. The van der Waals surface area contributed by atoms with Gasteiger partial charge in [0.05, 0.1) is 17.8 Å². The van der Waals surface area contributed by atoms with Gasteiger partial charge in [0.15, 0.2) is 5.65 Å². The van der Waals surface area contributed by atoms with E-state index in [0.29, 0.717) is 6.61 Å². The van der Waals surface area contributed by atoms with E-state index in [0.717, 1.165) is 28.1 Å². The van der Waals surface area contributed by atoms with Crippen LogP contribution in [-0.2, 0) is 4.74 Å². The van der Waals surface area contributed by atoms with E-state index in [9.17, 15) is 0 Å². The van der Waals surface area contributed by atoms with Gasteiger partial charge in [-0.1, -0.05) is 12.1 Å². The molecule has 0 fully saturated rings. The van der Waals surface area contributed by atoms with E-state index in [1.54, 1.807) is 7.11 Å². The van der Waals surface area contributed by atoms with Gasteiger partial charge in [0.1, 0.15) is 5.82 Å². The van der Waals surface area contributed by atoms with Gasteiger partial charge in [0.25, 0.3) is 0 Å². The second-order valence-electron chi connectivity index (χ2n) is 5.03. The first-order valence-corrected chi connectivity index (χ1v) is 6.69. The van der Waals surface area contributed by atoms with E-state index in [1.807, 2.05) is 29.6 Å². The van der Waals surface area contributed by atoms with Gasteiger partial charge in [-0.2, -0.15) is 5.10 Å². The van der Waals surface area contributed by atoms with Gasteiger partial charge in [-0.3, -0.25) is 0 Å². The summed E-state index contributed by atoms with van der Waals surface area (Å²) in [6.45, 7) is 4.69. The SMILES string of the molecule is COCC(C)Nc1nc2cc(C)nn2c2ccccc12. The van der Waals surface area contributed by atoms with Gasteiger partial charge in [-0.05, 0) is 26.0 Å². The Kier molecular flexibility index (Phi) is 3.28. The average Bonchev–Trinajstić information content (AvgIpc) is 2.80. The van der Waals surface area contributed by atoms with Crippen LogP contribution < -0.4 is 5.32 Å². The summed E-state index contributed by atoms with van der Waals surface area (Å²) < 4.78 is 7.06. The lowest BCUT2D eigenvalue weighted by Crippen LogP contribution is -2.21. The molecule has 0 aliphatic heterocycles. The molecule has 5 heteroatoms. The Morgan fingerprint density at radius 3 is 2.95 bits per heavy atom. The van der Waals surface area contributed by atoms with Crippen molar-refractivity contribution in [3.63, 3.8) is 0 Å². The molecule has 1 atom stereocenters. The number of benzene rings is 1. The third kappa shape index (κ3) is 2.20. The van der Waals surface area contributed by atoms with Gasteiger partial charge >= 0.3 is 0 Å². The van der Waals surface area contributed by atoms with Crippen molar-refractivity contribution in [3.05, 3.63) is 36.0 Å². The number of hydrogen-bond donors (Lipinski definition) is 1. The fraction of sp³-hybridized carbons (Fsp3) is 0.333. The lowest BCUT2D eigenvalue weighted by atomic mass is 10.2. The summed E-state index contributed by atoms with van der Waals surface area (Å²) in [5.41, 5.74) is 2.87. The first-order chi connectivity index (χ1) is 9.69. The number of hydrogen-bond acceptors (Lipinski definition) is 4. The van der Waals surface area contributed by atoms with Crippen LogP contribution in [0.3, 0.4) is 0 Å². The van der Waals surface area contributed by atoms with Crippen LogP contribution in [0.25, 0.3) is 16.6 Å². The molecule has 1 N–H and O–H groups in total. The monoisotopic (exact) mass is 270 g/mol. The molecule has 0 saturated heterocycles. The fourth-order valence-corrected chi connectivity index (χ4v) is 2.41. The van der Waals surface area contributed by atoms with Crippen molar-refractivity contribution in [1.82, 2.24) is 14.6 Å². The lowest BCUT2D eigenvalue weighted by Gasteiger charge is -2.15. The van der Waals surface area contributed by atoms with E-state index < -0.39 is 0 Å². The Morgan fingerprint density at radius 2 is 2.15 bits per heavy atom. The highest BCUT2D eigenvalue weighted by atomic mass is 16.5. The van der Waals surface area contributed by atoms with Crippen LogP contribution in [0.5, 0.6) is 0 Å². The molecule has 3 aromatic rings. The maximum Gasteiger partial charge on any atom is 0.158 e. The highest BCUT2D eigenvalue weighted by Gasteiger charge is 2.11. The molecule has 20 heavy (non-hydrogen) atoms. The quantitative estimate of drug-likeness (QED) is 0.792. The smallest absolute Gasteiger partial charge is 0.158 e. The molecule has 0 radical (unpaired) electrons. The Labute approximate surface area is 117 Å². The molecule has 5 nitrogen and oxygen atoms in total. The van der Waals surface area contributed by atoms with Crippen LogP contribution in [0.1, 0.15) is 12.6 Å². The molecule has 0 aliphatic rings. The Morgan fingerprint density at radius 1 is 1.35 bits per heavy atom. The summed E-state index contributed by atoms with van der Waals surface area (Å²) in [6.07, 6.45) is 0. The van der Waals surface area contributed by atoms with E-state index in [-0.39, 0.29) is 6.04 Å². The molecule has 0 bridgehead atoms. The van der Waals surface area contributed by atoms with Gasteiger partial charge in [-0.15, -0.1) is 0 Å². The number of para-hydroxylation sites is 1. The van der Waals surface area contributed by atoms with Crippen LogP contribution in [0.2, 0.25) is 0 Å². The van der Waals surface area contributed by atoms with E-state index in [1.165, 1.54) is 0 Å². The van der Waals surface area contributed by atoms with E-state index in [2.05, 4.69) is 34.5 Å². The molecule has 0 aliphatic carbocycles. The van der Waals surface area contributed by atoms with Crippen LogP contribution >= 0.6 is 0 Å². The van der Waals surface area contributed by atoms with Gasteiger partial charge in [0, 0.05) is 24.6 Å². The number of aromatic nitrogens is 3. The van der Waals surface area contributed by atoms with Crippen molar-refractivity contribution in [2.75, 3.05) is 19.0 Å². The number of nitrogens with one attached hydrogen (secondary N) is 1. The topological polar surface area (TPSA) is 51.5 Å². The molecule has 2 aromatic heterocycles. The molecule has 0 spiro atoms. The number of rotatable bonds is 4. The predicted molar refractivity (Wildman–Crippen MR) is 80.2 cm³/mol. The largest absolute Gasteiger partial charge is 0.383 e. The first-order valence-electron chi connectivity index (χ1n) is 6.69. The Hall–Kier alpha value is -2.14. The van der Waals surface area contributed by atoms with Crippen LogP contribution in [0.15, 0.2) is 30.3 Å². The third-order valence-corrected chi connectivity index (χ3v) is 3.23. The number of ether oxygens (including phenoxy) is 1. The molecule has 1 aromatic carbocycles. The maximum absolute atomic E-state index is 5.17. The number of nitrogens with zero attached hydrogens (tertiary/aromatic N) is 3. The van der Waals surface area contributed by atoms with Crippen molar-refractivity contribution in [3.8, 4) is 0 Å². The highest BCUT2D eigenvalue weighted by Crippen LogP contribution is 2.23. The van der Waals surface area contributed by atoms with Gasteiger partial charge < -0.3 is 10.1 Å². The zero-order chi connectivity index (χ0) is 14.1. The lowest BCUT2D eigenvalue weighted by molar-refractivity contribution is 0.190. The van der Waals surface area contributed by atoms with Crippen LogP contribution in [-0.4, -0.2) is 34.4 Å². The molecule has 104 valence electrons. The number of anilines is 1. The third-order valence-electron chi connectivity index (χ3n) is 3.23. The molecule has 0 saturated carbocycles. The van der Waals surface area contributed by atoms with Crippen molar-refractivity contribution < 1.29 is 4.74 Å². The average molecular weight is 270 g/mol. The van der Waals surface area contributed by atoms with Gasteiger partial charge in [-0.25, -0.2) is 9.50 Å². The standard InChI is InChI=1S/C15H18N4O/c1-10-8-14-17-15(16-11(2)9-20-3)12-6-4-5-7-13(12)19(14)18-10/h4-8,11H,9H2,1-3H3,(H,16,17). The minimum atomic E-state index is 0.197. The zero-order valence-corrected chi connectivity index (χ0v) is 11.9. The summed E-state index contributed by atoms with van der Waals surface area (Å²) in [7, 11) is 1.70. The number of fused-ring (bicyclic) bond motifs is 3. The summed E-state index contributed by atoms with van der Waals surface area (Å²) in [5, 5.41) is 8.97. The molecule has 1 unspecified atom stereocenters. The summed E-state index contributed by atoms with van der Waals surface area (Å²) in [4.78, 5) is 4.68. The van der Waals surface area contributed by atoms with Crippen molar-refractivity contribution in [1.29, 1.82) is 0 Å². The molecular weight excluding hydrogens is 252 g/mol. The van der Waals surface area contributed by atoms with Gasteiger partial charge in [0.2, 0.25) is 0 Å². The van der Waals surface area contributed by atoms with Crippen LogP contribution in [0, 0.1) is 6.92 Å². The minimum Gasteiger partial charge on any atom is -0.383 e. The zero-order valence-electron chi connectivity index (χ0n) is 11.9. The second-order valence-corrected chi connectivity index (χ2v) is 5.03. The van der Waals surface area contributed by atoms with Crippen molar-refractivity contribution in [2.24, 2.45) is 0 Å². The Balaban J connectivity index is 2.18. The Bertz CT molecular complexity index is 750. The first kappa shape index (κ1) is 12.9. The van der Waals surface area contributed by atoms with E-state index >= 15 is 0 Å². The fourth-order valence-electron chi connectivity index (χ4n) is 2.41. The highest BCUT2D eigenvalue weighted by molar-refractivity contribution is 5.91.